The zero-order valence-electron chi connectivity index (χ0n) is 14.2. The molecule has 0 saturated carbocycles. The van der Waals surface area contributed by atoms with Crippen LogP contribution in [0.15, 0.2) is 29.4 Å². The monoisotopic (exact) mass is 425 g/mol. The molecule has 0 spiro atoms. The molecule has 3 heterocycles. The number of hydrogen-bond donors (Lipinski definition) is 1. The molecule has 0 bridgehead atoms. The Morgan fingerprint density at radius 1 is 1.20 bits per heavy atom. The quantitative estimate of drug-likeness (QED) is 0.615. The van der Waals surface area contributed by atoms with E-state index in [0.717, 1.165) is 42.1 Å². The van der Waals surface area contributed by atoms with Crippen LogP contribution in [0.25, 0.3) is 11.0 Å². The molecule has 4 rings (SSSR count). The molecule has 1 amide bonds. The Kier molecular flexibility index (Phi) is 6.07. The molecule has 136 valence electrons. The van der Waals surface area contributed by atoms with Gasteiger partial charge in [-0.1, -0.05) is 25.0 Å². The van der Waals surface area contributed by atoms with Crippen molar-refractivity contribution in [1.29, 1.82) is 0 Å². The van der Waals surface area contributed by atoms with Gasteiger partial charge in [0, 0.05) is 18.8 Å². The number of halogens is 1. The Morgan fingerprint density at radius 2 is 1.92 bits per heavy atom. The van der Waals surface area contributed by atoms with Crippen molar-refractivity contribution in [2.45, 2.75) is 50.0 Å². The highest BCUT2D eigenvalue weighted by Crippen LogP contribution is 2.26. The van der Waals surface area contributed by atoms with Crippen LogP contribution in [0.1, 0.15) is 25.7 Å². The number of carbonyl (C=O) groups excluding carboxylic acids is 1. The highest BCUT2D eigenvalue weighted by molar-refractivity contribution is 7.99. The van der Waals surface area contributed by atoms with Gasteiger partial charge in [0.15, 0.2) is 17.6 Å². The van der Waals surface area contributed by atoms with Crippen LogP contribution in [0.5, 0.6) is 0 Å². The maximum absolute atomic E-state index is 12.8. The summed E-state index contributed by atoms with van der Waals surface area (Å²) in [5.41, 5.74) is 2.18. The van der Waals surface area contributed by atoms with Gasteiger partial charge in [0.2, 0.25) is 0 Å². The highest BCUT2D eigenvalue weighted by atomic mass is 79.9. The second-order valence-corrected chi connectivity index (χ2v) is 7.72. The summed E-state index contributed by atoms with van der Waals surface area (Å²) >= 11 is 1.65. The number of imidazole rings is 1. The summed E-state index contributed by atoms with van der Waals surface area (Å²) in [6.07, 6.45) is 4.37. The molecule has 2 aromatic rings. The number of fused-ring (bicyclic) bond motifs is 3. The molecule has 1 saturated heterocycles. The van der Waals surface area contributed by atoms with Crippen molar-refractivity contribution in [2.75, 3.05) is 18.8 Å². The number of thioether (sulfide) groups is 1. The number of nitrogens with zero attached hydrogens (tertiary/aromatic N) is 3. The number of rotatable bonds is 2. The lowest BCUT2D eigenvalue weighted by atomic mass is 10.2. The Balaban J connectivity index is 0.00000182. The van der Waals surface area contributed by atoms with Crippen LogP contribution < -0.4 is 21.5 Å². The summed E-state index contributed by atoms with van der Waals surface area (Å²) in [6.45, 7) is 2.78. The highest BCUT2D eigenvalue weighted by Gasteiger charge is 2.33. The number of aromatic nitrogens is 2. The second-order valence-electron chi connectivity index (χ2n) is 6.73. The van der Waals surface area contributed by atoms with Gasteiger partial charge in [-0.05, 0) is 36.7 Å². The van der Waals surface area contributed by atoms with E-state index in [0.29, 0.717) is 18.8 Å². The van der Waals surface area contributed by atoms with E-state index in [9.17, 15) is 9.90 Å². The minimum Gasteiger partial charge on any atom is -1.00 e. The Labute approximate surface area is 162 Å². The zero-order chi connectivity index (χ0) is 16.5. The average molecular weight is 426 g/mol. The molecule has 1 fully saturated rings. The van der Waals surface area contributed by atoms with Crippen molar-refractivity contribution in [3.8, 4) is 0 Å². The Hall–Kier alpha value is -1.05. The largest absolute Gasteiger partial charge is 1.00 e. The van der Waals surface area contributed by atoms with E-state index in [-0.39, 0.29) is 29.0 Å². The lowest BCUT2D eigenvalue weighted by Gasteiger charge is -2.20. The van der Waals surface area contributed by atoms with Gasteiger partial charge < -0.3 is 27.0 Å². The number of para-hydroxylation sites is 2. The van der Waals surface area contributed by atoms with Crippen LogP contribution in [-0.2, 0) is 17.9 Å². The molecule has 1 aromatic carbocycles. The third-order valence-electron chi connectivity index (χ3n) is 4.98. The summed E-state index contributed by atoms with van der Waals surface area (Å²) in [5.74, 6) is 0.904. The van der Waals surface area contributed by atoms with Gasteiger partial charge >= 0.3 is 5.16 Å². The molecule has 7 heteroatoms. The first-order valence-electron chi connectivity index (χ1n) is 8.84. The van der Waals surface area contributed by atoms with Gasteiger partial charge in [0.25, 0.3) is 5.91 Å². The minimum absolute atomic E-state index is 0. The third kappa shape index (κ3) is 3.73. The molecule has 0 radical (unpaired) electrons. The van der Waals surface area contributed by atoms with Crippen molar-refractivity contribution in [1.82, 2.24) is 9.47 Å². The molecular formula is C18H24BrN3O2S. The van der Waals surface area contributed by atoms with Gasteiger partial charge in [0.05, 0.1) is 0 Å². The maximum atomic E-state index is 12.8. The lowest BCUT2D eigenvalue weighted by Crippen LogP contribution is -3.00. The fourth-order valence-corrected chi connectivity index (χ4v) is 4.84. The SMILES string of the molecule is O=C(Cn1c2[n+](c3ccccc31)CC(O)CS2)N1CCCCCC1.[Br-]. The number of hydrogen-bond acceptors (Lipinski definition) is 3. The van der Waals surface area contributed by atoms with Crippen LogP contribution in [0.4, 0.5) is 0 Å². The number of benzene rings is 1. The van der Waals surface area contributed by atoms with Gasteiger partial charge in [-0.15, -0.1) is 0 Å². The summed E-state index contributed by atoms with van der Waals surface area (Å²) < 4.78 is 4.29. The molecule has 2 aliphatic heterocycles. The number of aliphatic hydroxyl groups excluding tert-OH is 1. The Bertz CT molecular complexity index is 756. The van der Waals surface area contributed by atoms with E-state index in [4.69, 9.17) is 0 Å². The molecule has 1 unspecified atom stereocenters. The molecule has 1 N–H and O–H groups in total. The van der Waals surface area contributed by atoms with E-state index in [1.165, 1.54) is 12.8 Å². The van der Waals surface area contributed by atoms with Crippen molar-refractivity contribution >= 4 is 28.7 Å². The van der Waals surface area contributed by atoms with E-state index >= 15 is 0 Å². The lowest BCUT2D eigenvalue weighted by molar-refractivity contribution is -0.717. The first kappa shape index (κ1) is 18.7. The molecular weight excluding hydrogens is 402 g/mol. The molecule has 25 heavy (non-hydrogen) atoms. The number of aliphatic hydroxyl groups is 1. The van der Waals surface area contributed by atoms with Crippen molar-refractivity contribution < 1.29 is 31.4 Å². The topological polar surface area (TPSA) is 49.4 Å². The van der Waals surface area contributed by atoms with Crippen LogP contribution >= 0.6 is 11.8 Å². The fourth-order valence-electron chi connectivity index (χ4n) is 3.75. The van der Waals surface area contributed by atoms with Crippen molar-refractivity contribution in [3.05, 3.63) is 24.3 Å². The van der Waals surface area contributed by atoms with Gasteiger partial charge in [-0.3, -0.25) is 4.79 Å². The van der Waals surface area contributed by atoms with Crippen LogP contribution in [-0.4, -0.2) is 45.4 Å². The standard InChI is InChI=1S/C18H24N3O2S.BrH/c22-14-11-20-15-7-3-4-8-16(15)21(18(20)24-13-14)12-17(23)19-9-5-1-2-6-10-19;/h3-4,7-8,14,22H,1-2,5-6,9-13H2;1H/q+1;/p-1. The molecule has 1 aromatic heterocycles. The van der Waals surface area contributed by atoms with E-state index in [1.54, 1.807) is 11.8 Å². The number of amides is 1. The summed E-state index contributed by atoms with van der Waals surface area (Å²) in [5, 5.41) is 11.1. The van der Waals surface area contributed by atoms with Crippen LogP contribution in [0.3, 0.4) is 0 Å². The first-order valence-corrected chi connectivity index (χ1v) is 9.82. The summed E-state index contributed by atoms with van der Waals surface area (Å²) in [4.78, 5) is 14.9. The van der Waals surface area contributed by atoms with Gasteiger partial charge in [0.1, 0.15) is 12.6 Å². The third-order valence-corrected chi connectivity index (χ3v) is 6.23. The van der Waals surface area contributed by atoms with Gasteiger partial charge in [-0.2, -0.15) is 0 Å². The number of carbonyl (C=O) groups is 1. The zero-order valence-corrected chi connectivity index (χ0v) is 16.6. The fraction of sp³-hybridized carbons (Fsp3) is 0.556. The number of likely N-dealkylation sites (tertiary alicyclic amines) is 1. The molecule has 0 aliphatic carbocycles. The molecule has 1 atom stereocenters. The summed E-state index contributed by atoms with van der Waals surface area (Å²) in [6, 6.07) is 8.18. The Morgan fingerprint density at radius 3 is 2.68 bits per heavy atom. The maximum Gasteiger partial charge on any atom is 0.319 e. The van der Waals surface area contributed by atoms with Crippen LogP contribution in [0, 0.1) is 0 Å². The molecule has 2 aliphatic rings. The smallest absolute Gasteiger partial charge is 0.319 e. The summed E-state index contributed by atoms with van der Waals surface area (Å²) in [7, 11) is 0. The van der Waals surface area contributed by atoms with E-state index < -0.39 is 0 Å². The van der Waals surface area contributed by atoms with Crippen molar-refractivity contribution in [2.24, 2.45) is 0 Å². The molecule has 5 nitrogen and oxygen atoms in total. The predicted molar refractivity (Wildman–Crippen MR) is 93.9 cm³/mol. The van der Waals surface area contributed by atoms with Crippen molar-refractivity contribution in [3.63, 3.8) is 0 Å². The second kappa shape index (κ2) is 8.10. The van der Waals surface area contributed by atoms with E-state index in [2.05, 4.69) is 21.3 Å². The minimum atomic E-state index is -0.326. The average Bonchev–Trinajstić information content (AvgIpc) is 2.78. The predicted octanol–water partition coefficient (Wildman–Crippen LogP) is -1.20. The van der Waals surface area contributed by atoms with Gasteiger partial charge in [-0.25, -0.2) is 9.13 Å². The first-order chi connectivity index (χ1) is 11.7. The normalized spacial score (nSPS) is 20.7. The van der Waals surface area contributed by atoms with Crippen LogP contribution in [0.2, 0.25) is 0 Å². The van der Waals surface area contributed by atoms with E-state index in [1.807, 2.05) is 17.0 Å².